The van der Waals surface area contributed by atoms with Gasteiger partial charge in [0.25, 0.3) is 0 Å². The molecule has 0 spiro atoms. The van der Waals surface area contributed by atoms with Crippen molar-refractivity contribution in [1.29, 1.82) is 0 Å². The van der Waals surface area contributed by atoms with Crippen molar-refractivity contribution in [2.24, 2.45) is 0 Å². The van der Waals surface area contributed by atoms with E-state index in [4.69, 9.17) is 10.5 Å². The van der Waals surface area contributed by atoms with Crippen LogP contribution in [-0.2, 0) is 6.42 Å². The Balaban J connectivity index is 1.92. The predicted octanol–water partition coefficient (Wildman–Crippen LogP) is 3.36. The highest BCUT2D eigenvalue weighted by atomic mass is 79.9. The van der Waals surface area contributed by atoms with Gasteiger partial charge in [-0.3, -0.25) is 0 Å². The summed E-state index contributed by atoms with van der Waals surface area (Å²) in [6.45, 7) is 2.51. The van der Waals surface area contributed by atoms with E-state index >= 15 is 0 Å². The molecule has 0 saturated heterocycles. The average Bonchev–Trinajstić information content (AvgIpc) is 2.36. The number of hydrogen-bond acceptors (Lipinski definition) is 3. The number of nitrogens with zero attached hydrogens (tertiary/aromatic N) is 1. The van der Waals surface area contributed by atoms with Gasteiger partial charge in [0, 0.05) is 22.6 Å². The van der Waals surface area contributed by atoms with E-state index in [-0.39, 0.29) is 0 Å². The molecule has 1 aromatic carbocycles. The van der Waals surface area contributed by atoms with Crippen molar-refractivity contribution in [3.05, 3.63) is 52.1 Å². The van der Waals surface area contributed by atoms with Crippen molar-refractivity contribution in [3.8, 4) is 5.88 Å². The quantitative estimate of drug-likeness (QED) is 0.881. The van der Waals surface area contributed by atoms with E-state index in [1.54, 1.807) is 0 Å². The first kappa shape index (κ1) is 12.9. The summed E-state index contributed by atoms with van der Waals surface area (Å²) in [5.41, 5.74) is 8.70. The first-order chi connectivity index (χ1) is 8.66. The number of aryl methyl sites for hydroxylation is 1. The van der Waals surface area contributed by atoms with Crippen LogP contribution in [0.4, 0.5) is 5.69 Å². The average molecular weight is 307 g/mol. The number of para-hydroxylation sites is 1. The Morgan fingerprint density at radius 3 is 2.72 bits per heavy atom. The van der Waals surface area contributed by atoms with E-state index < -0.39 is 0 Å². The van der Waals surface area contributed by atoms with Crippen LogP contribution < -0.4 is 10.5 Å². The minimum Gasteiger partial charge on any atom is -0.477 e. The number of aromatic nitrogens is 1. The van der Waals surface area contributed by atoms with E-state index in [1.807, 2.05) is 43.3 Å². The molecule has 0 radical (unpaired) electrons. The van der Waals surface area contributed by atoms with Crippen molar-refractivity contribution < 1.29 is 4.74 Å². The van der Waals surface area contributed by atoms with E-state index in [9.17, 15) is 0 Å². The highest BCUT2D eigenvalue weighted by molar-refractivity contribution is 9.10. The van der Waals surface area contributed by atoms with Crippen LogP contribution in [-0.4, -0.2) is 11.6 Å². The molecular formula is C14H15BrN2O. The van der Waals surface area contributed by atoms with E-state index in [0.717, 1.165) is 27.8 Å². The minimum atomic E-state index is 0.572. The molecule has 4 heteroatoms. The van der Waals surface area contributed by atoms with Crippen molar-refractivity contribution in [2.45, 2.75) is 13.3 Å². The molecule has 0 aliphatic heterocycles. The van der Waals surface area contributed by atoms with Crippen LogP contribution in [0.15, 0.2) is 40.9 Å². The third-order valence-electron chi connectivity index (χ3n) is 2.67. The molecule has 1 heterocycles. The van der Waals surface area contributed by atoms with E-state index in [2.05, 4.69) is 20.9 Å². The third-order valence-corrected chi connectivity index (χ3v) is 3.51. The van der Waals surface area contributed by atoms with Crippen LogP contribution in [0.2, 0.25) is 0 Å². The molecule has 1 aromatic heterocycles. The van der Waals surface area contributed by atoms with Crippen LogP contribution in [0.1, 0.15) is 11.3 Å². The van der Waals surface area contributed by atoms with Gasteiger partial charge in [0.2, 0.25) is 5.88 Å². The zero-order valence-corrected chi connectivity index (χ0v) is 11.8. The Morgan fingerprint density at radius 2 is 2.00 bits per heavy atom. The standard InChI is InChI=1S/C14H15BrN2O/c1-10-12(15)6-7-14(17-10)18-9-8-11-4-2-3-5-13(11)16/h2-7H,8-9,16H2,1H3. The lowest BCUT2D eigenvalue weighted by molar-refractivity contribution is 0.309. The number of ether oxygens (including phenoxy) is 1. The molecule has 2 aromatic rings. The van der Waals surface area contributed by atoms with Gasteiger partial charge < -0.3 is 10.5 Å². The Kier molecular flexibility index (Phi) is 4.20. The summed E-state index contributed by atoms with van der Waals surface area (Å²) in [5.74, 6) is 0.644. The van der Waals surface area contributed by atoms with Gasteiger partial charge >= 0.3 is 0 Å². The minimum absolute atomic E-state index is 0.572. The van der Waals surface area contributed by atoms with Gasteiger partial charge in [-0.05, 0) is 40.5 Å². The Hall–Kier alpha value is -1.55. The lowest BCUT2D eigenvalue weighted by Crippen LogP contribution is -2.05. The maximum absolute atomic E-state index is 5.87. The van der Waals surface area contributed by atoms with Gasteiger partial charge in [-0.2, -0.15) is 0 Å². The molecule has 0 fully saturated rings. The molecule has 0 aliphatic carbocycles. The topological polar surface area (TPSA) is 48.1 Å². The number of halogens is 1. The molecule has 0 bridgehead atoms. The second kappa shape index (κ2) is 5.87. The fourth-order valence-corrected chi connectivity index (χ4v) is 1.85. The van der Waals surface area contributed by atoms with Gasteiger partial charge in [0.15, 0.2) is 0 Å². The van der Waals surface area contributed by atoms with Crippen LogP contribution >= 0.6 is 15.9 Å². The molecule has 18 heavy (non-hydrogen) atoms. The van der Waals surface area contributed by atoms with Gasteiger partial charge in [0.1, 0.15) is 0 Å². The first-order valence-corrected chi connectivity index (χ1v) is 6.55. The van der Waals surface area contributed by atoms with Crippen LogP contribution in [0.25, 0.3) is 0 Å². The molecule has 0 amide bonds. The van der Waals surface area contributed by atoms with Gasteiger partial charge in [-0.15, -0.1) is 0 Å². The summed E-state index contributed by atoms with van der Waals surface area (Å²) in [6, 6.07) is 11.6. The molecule has 0 unspecified atom stereocenters. The Labute approximate surface area is 115 Å². The maximum Gasteiger partial charge on any atom is 0.213 e. The van der Waals surface area contributed by atoms with Crippen molar-refractivity contribution in [3.63, 3.8) is 0 Å². The number of anilines is 1. The number of hydrogen-bond donors (Lipinski definition) is 1. The summed E-state index contributed by atoms with van der Waals surface area (Å²) in [5, 5.41) is 0. The zero-order chi connectivity index (χ0) is 13.0. The van der Waals surface area contributed by atoms with Crippen molar-refractivity contribution in [2.75, 3.05) is 12.3 Å². The lowest BCUT2D eigenvalue weighted by Gasteiger charge is -2.08. The first-order valence-electron chi connectivity index (χ1n) is 5.76. The second-order valence-corrected chi connectivity index (χ2v) is 4.87. The Morgan fingerprint density at radius 1 is 1.22 bits per heavy atom. The van der Waals surface area contributed by atoms with E-state index in [1.165, 1.54) is 0 Å². The highest BCUT2D eigenvalue weighted by Gasteiger charge is 2.01. The molecule has 94 valence electrons. The van der Waals surface area contributed by atoms with Crippen LogP contribution in [0.5, 0.6) is 5.88 Å². The number of nitrogen functional groups attached to an aromatic ring is 1. The number of pyridine rings is 1. The van der Waals surface area contributed by atoms with Gasteiger partial charge in [-0.1, -0.05) is 18.2 Å². The number of benzene rings is 1. The van der Waals surface area contributed by atoms with Crippen molar-refractivity contribution in [1.82, 2.24) is 4.98 Å². The second-order valence-electron chi connectivity index (χ2n) is 4.01. The monoisotopic (exact) mass is 306 g/mol. The predicted molar refractivity (Wildman–Crippen MR) is 76.7 cm³/mol. The molecule has 0 atom stereocenters. The molecule has 0 aliphatic rings. The molecule has 2 rings (SSSR count). The SMILES string of the molecule is Cc1nc(OCCc2ccccc2N)ccc1Br. The fraction of sp³-hybridized carbons (Fsp3) is 0.214. The van der Waals surface area contributed by atoms with Crippen LogP contribution in [0, 0.1) is 6.92 Å². The van der Waals surface area contributed by atoms with Crippen molar-refractivity contribution >= 4 is 21.6 Å². The fourth-order valence-electron chi connectivity index (χ4n) is 1.63. The summed E-state index contributed by atoms with van der Waals surface area (Å²) in [4.78, 5) is 4.33. The normalized spacial score (nSPS) is 10.3. The molecule has 0 saturated carbocycles. The zero-order valence-electron chi connectivity index (χ0n) is 10.2. The smallest absolute Gasteiger partial charge is 0.213 e. The van der Waals surface area contributed by atoms with E-state index in [0.29, 0.717) is 12.5 Å². The van der Waals surface area contributed by atoms with Gasteiger partial charge in [-0.25, -0.2) is 4.98 Å². The summed E-state index contributed by atoms with van der Waals surface area (Å²) < 4.78 is 6.60. The summed E-state index contributed by atoms with van der Waals surface area (Å²) >= 11 is 3.41. The van der Waals surface area contributed by atoms with Gasteiger partial charge in [0.05, 0.1) is 12.3 Å². The van der Waals surface area contributed by atoms with Crippen LogP contribution in [0.3, 0.4) is 0 Å². The third kappa shape index (κ3) is 3.23. The molecule has 3 nitrogen and oxygen atoms in total. The highest BCUT2D eigenvalue weighted by Crippen LogP contribution is 2.18. The Bertz CT molecular complexity index is 543. The largest absolute Gasteiger partial charge is 0.477 e. The molecule has 2 N–H and O–H groups in total. The summed E-state index contributed by atoms with van der Waals surface area (Å²) in [6.07, 6.45) is 0.781. The maximum atomic E-state index is 5.87. The number of nitrogens with two attached hydrogens (primary N) is 1. The summed E-state index contributed by atoms with van der Waals surface area (Å²) in [7, 11) is 0. The number of rotatable bonds is 4. The lowest BCUT2D eigenvalue weighted by atomic mass is 10.1. The molecular weight excluding hydrogens is 292 g/mol.